The molecule has 2 aromatic heterocycles. The number of ether oxygens (including phenoxy) is 1. The average molecular weight is 668 g/mol. The number of aromatic nitrogens is 4. The summed E-state index contributed by atoms with van der Waals surface area (Å²) in [7, 11) is -4.68. The van der Waals surface area contributed by atoms with Gasteiger partial charge in [-0.15, -0.1) is 0 Å². The Kier molecular flexibility index (Phi) is 11.8. The highest BCUT2D eigenvalue weighted by atomic mass is 32.2. The molecule has 3 heterocycles. The fourth-order valence-electron chi connectivity index (χ4n) is 4.62. The van der Waals surface area contributed by atoms with Crippen LogP contribution >= 0.6 is 0 Å². The quantitative estimate of drug-likeness (QED) is 0.159. The van der Waals surface area contributed by atoms with E-state index in [-0.39, 0.29) is 28.4 Å². The molecule has 15 nitrogen and oxygen atoms in total. The molecule has 1 saturated heterocycles. The van der Waals surface area contributed by atoms with Crippen molar-refractivity contribution in [3.05, 3.63) is 77.9 Å². The summed E-state index contributed by atoms with van der Waals surface area (Å²) in [4.78, 5) is 27.2. The zero-order chi connectivity index (χ0) is 34.1. The Morgan fingerprint density at radius 1 is 1.02 bits per heavy atom. The van der Waals surface area contributed by atoms with Gasteiger partial charge in [0.2, 0.25) is 5.82 Å². The molecule has 0 aliphatic carbocycles. The third-order valence-corrected chi connectivity index (χ3v) is 8.13. The molecule has 0 saturated carbocycles. The number of hydrogen-bond donors (Lipinski definition) is 5. The van der Waals surface area contributed by atoms with Crippen LogP contribution in [0.4, 0.5) is 5.82 Å². The number of carbonyl (C=O) groups excluding carboxylic acids is 1. The van der Waals surface area contributed by atoms with Crippen LogP contribution in [0.25, 0.3) is 11.2 Å². The first kappa shape index (κ1) is 35.2. The van der Waals surface area contributed by atoms with Crippen molar-refractivity contribution in [3.8, 4) is 17.6 Å². The predicted octanol–water partition coefficient (Wildman–Crippen LogP) is 1.17. The first-order chi connectivity index (χ1) is 22.5. The van der Waals surface area contributed by atoms with E-state index in [1.807, 2.05) is 30.3 Å². The Morgan fingerprint density at radius 3 is 2.32 bits per heavy atom. The minimum atomic E-state index is -4.68. The summed E-state index contributed by atoms with van der Waals surface area (Å²) >= 11 is 0. The number of benzene rings is 2. The maximum Gasteiger partial charge on any atom is 0.362 e. The number of nitrogens with two attached hydrogens (primary N) is 1. The molecule has 2 aromatic carbocycles. The summed E-state index contributed by atoms with van der Waals surface area (Å²) < 4.78 is 38.1. The smallest absolute Gasteiger partial charge is 0.362 e. The summed E-state index contributed by atoms with van der Waals surface area (Å²) in [6.07, 6.45) is -4.43. The topological polar surface area (TPSA) is 215 Å². The SMILES string of the molecule is CCN(CC)CC.Nc1nc(C#Cc2ccccc2)nc2c1ncn2[C@@H]1O[C@H](COS(=O)(=O)NC(=O)c2ccccc2O)[C@@H](O)[C@H]1O. The third-order valence-electron chi connectivity index (χ3n) is 7.25. The van der Waals surface area contributed by atoms with Crippen LogP contribution in [0.1, 0.15) is 48.7 Å². The van der Waals surface area contributed by atoms with Crippen molar-refractivity contribution >= 4 is 33.2 Å². The molecule has 4 atom stereocenters. The Bertz CT molecular complexity index is 1830. The number of para-hydroxylation sites is 1. The van der Waals surface area contributed by atoms with Gasteiger partial charge in [-0.3, -0.25) is 13.5 Å². The second kappa shape index (κ2) is 15.8. The standard InChI is InChI=1S/C25H22N6O8S.C6H15N/c26-22-19-23(29-18(28-22)11-10-14-6-2-1-3-7-14)31(13-27-19)25-21(34)20(33)17(39-25)12-38-40(36,37)30-24(35)15-8-4-5-9-16(15)32;1-4-7(5-2)6-3/h1-9,13,17,20-21,25,32-34H,12H2,(H,30,35)(H2,26,28,29);4-6H2,1-3H3/t17-,20-,21-,25-;/m1./s1. The molecule has 6 N–H and O–H groups in total. The first-order valence-electron chi connectivity index (χ1n) is 14.8. The van der Waals surface area contributed by atoms with Crippen LogP contribution < -0.4 is 10.5 Å². The number of fused-ring (bicyclic) bond motifs is 1. The Hall–Kier alpha value is -4.63. The lowest BCUT2D eigenvalue weighted by molar-refractivity contribution is -0.0468. The van der Waals surface area contributed by atoms with E-state index in [4.69, 9.17) is 14.7 Å². The highest BCUT2D eigenvalue weighted by Crippen LogP contribution is 2.32. The van der Waals surface area contributed by atoms with Gasteiger partial charge in [-0.1, -0.05) is 57.0 Å². The van der Waals surface area contributed by atoms with Crippen molar-refractivity contribution in [2.75, 3.05) is 32.0 Å². The van der Waals surface area contributed by atoms with Gasteiger partial charge < -0.3 is 30.7 Å². The van der Waals surface area contributed by atoms with Gasteiger partial charge >= 0.3 is 10.3 Å². The lowest BCUT2D eigenvalue weighted by atomic mass is 10.1. The number of anilines is 1. The first-order valence-corrected chi connectivity index (χ1v) is 16.2. The molecule has 4 aromatic rings. The molecule has 1 aliphatic rings. The number of imidazole rings is 1. The molecular formula is C31H37N7O8S. The number of aromatic hydroxyl groups is 1. The molecular weight excluding hydrogens is 630 g/mol. The number of hydrogen-bond acceptors (Lipinski definition) is 13. The molecule has 5 rings (SSSR count). The number of nitrogens with one attached hydrogen (secondary N) is 1. The van der Waals surface area contributed by atoms with E-state index >= 15 is 0 Å². The van der Waals surface area contributed by atoms with Crippen molar-refractivity contribution in [3.63, 3.8) is 0 Å². The normalized spacial score (nSPS) is 19.1. The van der Waals surface area contributed by atoms with Crippen LogP contribution in [-0.4, -0.2) is 98.6 Å². The number of carbonyl (C=O) groups is 1. The monoisotopic (exact) mass is 667 g/mol. The molecule has 250 valence electrons. The third kappa shape index (κ3) is 8.80. The van der Waals surface area contributed by atoms with Crippen LogP contribution in [0.5, 0.6) is 5.75 Å². The van der Waals surface area contributed by atoms with Crippen molar-refractivity contribution < 1.29 is 37.5 Å². The second-order valence-corrected chi connectivity index (χ2v) is 11.6. The number of amides is 1. The molecule has 16 heteroatoms. The molecule has 0 radical (unpaired) electrons. The summed E-state index contributed by atoms with van der Waals surface area (Å²) in [6.45, 7) is 9.37. The molecule has 1 aliphatic heterocycles. The summed E-state index contributed by atoms with van der Waals surface area (Å²) in [5.74, 6) is 4.28. The van der Waals surface area contributed by atoms with E-state index in [0.717, 1.165) is 5.56 Å². The van der Waals surface area contributed by atoms with Crippen molar-refractivity contribution in [1.29, 1.82) is 0 Å². The van der Waals surface area contributed by atoms with E-state index in [2.05, 4.69) is 52.5 Å². The van der Waals surface area contributed by atoms with Gasteiger partial charge in [0.05, 0.1) is 18.5 Å². The van der Waals surface area contributed by atoms with Crippen molar-refractivity contribution in [2.45, 2.75) is 45.3 Å². The Labute approximate surface area is 272 Å². The molecule has 47 heavy (non-hydrogen) atoms. The number of aliphatic hydroxyl groups is 2. The molecule has 0 spiro atoms. The zero-order valence-electron chi connectivity index (χ0n) is 26.0. The maximum atomic E-state index is 12.3. The van der Waals surface area contributed by atoms with Gasteiger partial charge in [0, 0.05) is 5.56 Å². The fourth-order valence-corrected chi connectivity index (χ4v) is 5.33. The summed E-state index contributed by atoms with van der Waals surface area (Å²) in [6, 6.07) is 14.4. The van der Waals surface area contributed by atoms with Gasteiger partial charge in [0.25, 0.3) is 5.91 Å². The van der Waals surface area contributed by atoms with Crippen molar-refractivity contribution in [1.82, 2.24) is 29.1 Å². The minimum absolute atomic E-state index is 0.0281. The zero-order valence-corrected chi connectivity index (χ0v) is 26.8. The van der Waals surface area contributed by atoms with Crippen LogP contribution in [0.3, 0.4) is 0 Å². The van der Waals surface area contributed by atoms with E-state index in [1.165, 1.54) is 54.8 Å². The van der Waals surface area contributed by atoms with Crippen LogP contribution in [-0.2, 0) is 19.2 Å². The van der Waals surface area contributed by atoms with Crippen LogP contribution in [0.15, 0.2) is 60.9 Å². The predicted molar refractivity (Wildman–Crippen MR) is 172 cm³/mol. The molecule has 1 fully saturated rings. The van der Waals surface area contributed by atoms with Crippen LogP contribution in [0.2, 0.25) is 0 Å². The molecule has 0 bridgehead atoms. The summed E-state index contributed by atoms with van der Waals surface area (Å²) in [5, 5.41) is 30.9. The van der Waals surface area contributed by atoms with E-state index in [9.17, 15) is 28.5 Å². The molecule has 1 amide bonds. The van der Waals surface area contributed by atoms with Gasteiger partial charge in [-0.25, -0.2) is 19.7 Å². The van der Waals surface area contributed by atoms with Gasteiger partial charge in [-0.05, 0) is 49.8 Å². The van der Waals surface area contributed by atoms with Gasteiger partial charge in [-0.2, -0.15) is 8.42 Å². The lowest BCUT2D eigenvalue weighted by Gasteiger charge is -2.16. The van der Waals surface area contributed by atoms with Gasteiger partial charge in [0.1, 0.15) is 29.6 Å². The van der Waals surface area contributed by atoms with Crippen LogP contribution in [0, 0.1) is 11.8 Å². The van der Waals surface area contributed by atoms with E-state index in [0.29, 0.717) is 0 Å². The van der Waals surface area contributed by atoms with E-state index in [1.54, 1.807) is 4.72 Å². The highest BCUT2D eigenvalue weighted by Gasteiger charge is 2.45. The van der Waals surface area contributed by atoms with Crippen molar-refractivity contribution in [2.24, 2.45) is 0 Å². The number of rotatable bonds is 9. The fraction of sp³-hybridized carbons (Fsp3) is 0.355. The second-order valence-electron chi connectivity index (χ2n) is 10.2. The number of nitrogen functional groups attached to an aromatic ring is 1. The number of aliphatic hydroxyl groups excluding tert-OH is 2. The van der Waals surface area contributed by atoms with E-state index < -0.39 is 53.1 Å². The number of phenolic OH excluding ortho intramolecular Hbond substituents is 1. The summed E-state index contributed by atoms with van der Waals surface area (Å²) in [5.41, 5.74) is 6.82. The number of phenols is 1. The Morgan fingerprint density at radius 2 is 1.68 bits per heavy atom. The maximum absolute atomic E-state index is 12.3. The Balaban J connectivity index is 0.000000644. The average Bonchev–Trinajstić information content (AvgIpc) is 3.61. The highest BCUT2D eigenvalue weighted by molar-refractivity contribution is 7.85. The largest absolute Gasteiger partial charge is 0.507 e. The number of nitrogens with zero attached hydrogens (tertiary/aromatic N) is 5. The van der Waals surface area contributed by atoms with Gasteiger partial charge in [0.15, 0.2) is 17.7 Å². The molecule has 0 unspecified atom stereocenters. The minimum Gasteiger partial charge on any atom is -0.507 e. The lowest BCUT2D eigenvalue weighted by Crippen LogP contribution is -2.37.